The van der Waals surface area contributed by atoms with Gasteiger partial charge in [-0.1, -0.05) is 6.92 Å². The largest absolute Gasteiger partial charge is 0.330 e. The normalized spacial score (nSPS) is 21.0. The van der Waals surface area contributed by atoms with Crippen LogP contribution in [0.25, 0.3) is 0 Å². The Kier molecular flexibility index (Phi) is 3.57. The second-order valence-electron chi connectivity index (χ2n) is 3.16. The van der Waals surface area contributed by atoms with Crippen LogP contribution in [-0.4, -0.2) is 17.5 Å². The molecular weight excluding hydrogens is 142 g/mol. The van der Waals surface area contributed by atoms with Crippen molar-refractivity contribution in [1.82, 2.24) is 0 Å². The maximum atomic E-state index is 5.44. The number of hydrogen-bond donors (Lipinski definition) is 1. The molecule has 1 aliphatic carbocycles. The van der Waals surface area contributed by atoms with Gasteiger partial charge in [0, 0.05) is 5.25 Å². The first-order valence-electron chi connectivity index (χ1n) is 4.14. The molecule has 0 aliphatic heterocycles. The second-order valence-corrected chi connectivity index (χ2v) is 4.64. The number of hydrogen-bond acceptors (Lipinski definition) is 2. The summed E-state index contributed by atoms with van der Waals surface area (Å²) in [6.45, 7) is 3.12. The highest BCUT2D eigenvalue weighted by atomic mass is 32.2. The molecule has 0 aromatic carbocycles. The summed E-state index contributed by atoms with van der Waals surface area (Å²) < 4.78 is 0. The lowest BCUT2D eigenvalue weighted by Crippen LogP contribution is -2.07. The molecule has 1 nitrogen and oxygen atoms in total. The Morgan fingerprint density at radius 2 is 2.30 bits per heavy atom. The molecule has 0 radical (unpaired) electrons. The van der Waals surface area contributed by atoms with E-state index in [-0.39, 0.29) is 0 Å². The zero-order chi connectivity index (χ0) is 7.40. The van der Waals surface area contributed by atoms with Crippen LogP contribution in [0.2, 0.25) is 0 Å². The molecule has 0 saturated heterocycles. The van der Waals surface area contributed by atoms with Crippen LogP contribution < -0.4 is 5.73 Å². The lowest BCUT2D eigenvalue weighted by molar-refractivity contribution is 0.819. The Bertz CT molecular complexity index is 91.3. The fraction of sp³-hybridized carbons (Fsp3) is 1.00. The van der Waals surface area contributed by atoms with Crippen LogP contribution in [0.3, 0.4) is 0 Å². The first-order chi connectivity index (χ1) is 4.83. The minimum absolute atomic E-state index is 0.783. The van der Waals surface area contributed by atoms with Crippen molar-refractivity contribution >= 4 is 11.8 Å². The van der Waals surface area contributed by atoms with Gasteiger partial charge in [0.25, 0.3) is 0 Å². The Morgan fingerprint density at radius 1 is 1.60 bits per heavy atom. The smallest absolute Gasteiger partial charge is 0.00308 e. The van der Waals surface area contributed by atoms with Crippen molar-refractivity contribution in [3.8, 4) is 0 Å². The van der Waals surface area contributed by atoms with Crippen molar-refractivity contribution in [2.45, 2.75) is 31.4 Å². The predicted molar refractivity (Wildman–Crippen MR) is 48.3 cm³/mol. The number of nitrogens with two attached hydrogens (primary N) is 1. The van der Waals surface area contributed by atoms with E-state index in [2.05, 4.69) is 18.7 Å². The molecule has 10 heavy (non-hydrogen) atoms. The molecule has 1 aliphatic rings. The van der Waals surface area contributed by atoms with Crippen LogP contribution >= 0.6 is 11.8 Å². The van der Waals surface area contributed by atoms with E-state index in [0.717, 1.165) is 17.7 Å². The summed E-state index contributed by atoms with van der Waals surface area (Å²) in [6.07, 6.45) is 4.13. The summed E-state index contributed by atoms with van der Waals surface area (Å²) >= 11 is 2.09. The van der Waals surface area contributed by atoms with Gasteiger partial charge in [-0.15, -0.1) is 0 Å². The highest BCUT2D eigenvalue weighted by Crippen LogP contribution is 2.33. The third kappa shape index (κ3) is 3.47. The molecule has 1 atom stereocenters. The zero-order valence-corrected chi connectivity index (χ0v) is 7.49. The van der Waals surface area contributed by atoms with E-state index in [1.165, 1.54) is 25.0 Å². The van der Waals surface area contributed by atoms with Crippen LogP contribution in [0.15, 0.2) is 0 Å². The Balaban J connectivity index is 1.89. The minimum Gasteiger partial charge on any atom is -0.330 e. The molecule has 2 N–H and O–H groups in total. The summed E-state index contributed by atoms with van der Waals surface area (Å²) in [4.78, 5) is 0. The Hall–Kier alpha value is 0.310. The molecule has 0 spiro atoms. The van der Waals surface area contributed by atoms with Crippen molar-refractivity contribution in [1.29, 1.82) is 0 Å². The van der Waals surface area contributed by atoms with Crippen LogP contribution in [0.5, 0.6) is 0 Å². The standard InChI is InChI=1S/C8H17NS/c1-7(4-5-9)10-6-8-2-3-8/h7-8H,2-6,9H2,1H3. The second kappa shape index (κ2) is 4.24. The van der Waals surface area contributed by atoms with Gasteiger partial charge < -0.3 is 5.73 Å². The van der Waals surface area contributed by atoms with E-state index in [4.69, 9.17) is 5.73 Å². The van der Waals surface area contributed by atoms with Gasteiger partial charge >= 0.3 is 0 Å². The van der Waals surface area contributed by atoms with Crippen LogP contribution in [0.1, 0.15) is 26.2 Å². The minimum atomic E-state index is 0.783. The highest BCUT2D eigenvalue weighted by molar-refractivity contribution is 7.99. The molecule has 0 heterocycles. The predicted octanol–water partition coefficient (Wildman–Crippen LogP) is 1.87. The molecule has 2 heteroatoms. The first kappa shape index (κ1) is 8.41. The SMILES string of the molecule is CC(CCN)SCC1CC1. The van der Waals surface area contributed by atoms with E-state index in [1.54, 1.807) is 0 Å². The zero-order valence-electron chi connectivity index (χ0n) is 6.68. The molecular formula is C8H17NS. The van der Waals surface area contributed by atoms with E-state index in [9.17, 15) is 0 Å². The topological polar surface area (TPSA) is 26.0 Å². The van der Waals surface area contributed by atoms with Crippen LogP contribution in [0, 0.1) is 5.92 Å². The molecule has 1 unspecified atom stereocenters. The van der Waals surface area contributed by atoms with Gasteiger partial charge in [-0.3, -0.25) is 0 Å². The Labute approximate surface area is 67.8 Å². The van der Waals surface area contributed by atoms with Gasteiger partial charge in [0.1, 0.15) is 0 Å². The molecule has 0 aromatic rings. The summed E-state index contributed by atoms with van der Waals surface area (Å²) in [5.74, 6) is 2.44. The fourth-order valence-corrected chi connectivity index (χ4v) is 2.14. The van der Waals surface area contributed by atoms with Gasteiger partial charge in [-0.2, -0.15) is 11.8 Å². The van der Waals surface area contributed by atoms with Gasteiger partial charge in [-0.25, -0.2) is 0 Å². The van der Waals surface area contributed by atoms with E-state index >= 15 is 0 Å². The molecule has 0 aromatic heterocycles. The van der Waals surface area contributed by atoms with Gasteiger partial charge in [0.05, 0.1) is 0 Å². The van der Waals surface area contributed by atoms with E-state index in [1.807, 2.05) is 0 Å². The average molecular weight is 159 g/mol. The molecule has 0 amide bonds. The molecule has 0 bridgehead atoms. The van der Waals surface area contributed by atoms with Gasteiger partial charge in [0.2, 0.25) is 0 Å². The van der Waals surface area contributed by atoms with Crippen LogP contribution in [-0.2, 0) is 0 Å². The van der Waals surface area contributed by atoms with Crippen molar-refractivity contribution in [3.63, 3.8) is 0 Å². The monoisotopic (exact) mass is 159 g/mol. The summed E-state index contributed by atoms with van der Waals surface area (Å²) in [5.41, 5.74) is 5.44. The number of rotatable bonds is 5. The maximum absolute atomic E-state index is 5.44. The average Bonchev–Trinajstić information content (AvgIpc) is 2.67. The summed E-state index contributed by atoms with van der Waals surface area (Å²) in [5, 5.41) is 0.783. The Morgan fingerprint density at radius 3 is 2.80 bits per heavy atom. The van der Waals surface area contributed by atoms with Crippen molar-refractivity contribution in [2.24, 2.45) is 11.7 Å². The molecule has 60 valence electrons. The van der Waals surface area contributed by atoms with E-state index in [0.29, 0.717) is 0 Å². The molecule has 1 rings (SSSR count). The fourth-order valence-electron chi connectivity index (χ4n) is 0.903. The lowest BCUT2D eigenvalue weighted by Gasteiger charge is -2.07. The van der Waals surface area contributed by atoms with Crippen molar-refractivity contribution in [3.05, 3.63) is 0 Å². The molecule has 1 fully saturated rings. The quantitative estimate of drug-likeness (QED) is 0.662. The summed E-state index contributed by atoms with van der Waals surface area (Å²) in [6, 6.07) is 0. The maximum Gasteiger partial charge on any atom is 0.00308 e. The third-order valence-electron chi connectivity index (χ3n) is 1.89. The third-order valence-corrected chi connectivity index (χ3v) is 3.36. The number of thioether (sulfide) groups is 1. The molecule has 1 saturated carbocycles. The van der Waals surface area contributed by atoms with Crippen molar-refractivity contribution in [2.75, 3.05) is 12.3 Å². The van der Waals surface area contributed by atoms with Crippen LogP contribution in [0.4, 0.5) is 0 Å². The van der Waals surface area contributed by atoms with E-state index < -0.39 is 0 Å². The van der Waals surface area contributed by atoms with Crippen molar-refractivity contribution < 1.29 is 0 Å². The summed E-state index contributed by atoms with van der Waals surface area (Å²) in [7, 11) is 0. The lowest BCUT2D eigenvalue weighted by atomic mass is 10.3. The van der Waals surface area contributed by atoms with Gasteiger partial charge in [0.15, 0.2) is 0 Å². The van der Waals surface area contributed by atoms with Gasteiger partial charge in [-0.05, 0) is 37.5 Å². The first-order valence-corrected chi connectivity index (χ1v) is 5.19. The highest BCUT2D eigenvalue weighted by Gasteiger charge is 2.21.